The van der Waals surface area contributed by atoms with Gasteiger partial charge in [-0.25, -0.2) is 0 Å². The average Bonchev–Trinajstić information content (AvgIpc) is 2.60. The van der Waals surface area contributed by atoms with Crippen LogP contribution in [-0.4, -0.2) is 28.2 Å². The molecule has 0 aromatic heterocycles. The van der Waals surface area contributed by atoms with Gasteiger partial charge in [-0.3, -0.25) is 4.57 Å². The van der Waals surface area contributed by atoms with Crippen LogP contribution in [0.5, 0.6) is 11.5 Å². The maximum atomic E-state index is 10.9. The fourth-order valence-corrected chi connectivity index (χ4v) is 3.90. The molecule has 1 aliphatic rings. The molecule has 1 aromatic carbocycles. The molecule has 0 spiro atoms. The Labute approximate surface area is 175 Å². The number of aryl methyl sites for hydroxylation is 1. The highest BCUT2D eigenvalue weighted by Gasteiger charge is 2.29. The summed E-state index contributed by atoms with van der Waals surface area (Å²) in [6, 6.07) is 5.60. The number of hydrogen-bond acceptors (Lipinski definition) is 3. The van der Waals surface area contributed by atoms with E-state index in [0.29, 0.717) is 11.7 Å². The Morgan fingerprint density at radius 1 is 1.28 bits per heavy atom. The first kappa shape index (κ1) is 24.0. The minimum absolute atomic E-state index is 0.000270. The van der Waals surface area contributed by atoms with E-state index in [9.17, 15) is 4.57 Å². The molecule has 2 N–H and O–H groups in total. The fraction of sp³-hybridized carbons (Fsp3) is 0.652. The van der Waals surface area contributed by atoms with Crippen LogP contribution in [0.1, 0.15) is 65.4 Å². The molecule has 0 fully saturated rings. The molecule has 2 rings (SSSR count). The van der Waals surface area contributed by atoms with Crippen molar-refractivity contribution in [2.75, 3.05) is 12.8 Å². The quantitative estimate of drug-likeness (QED) is 0.350. The molecular formula is C23H37O5P. The highest BCUT2D eigenvalue weighted by atomic mass is 31.2. The van der Waals surface area contributed by atoms with Gasteiger partial charge < -0.3 is 19.3 Å². The molecule has 0 aliphatic carbocycles. The van der Waals surface area contributed by atoms with Crippen LogP contribution in [0.2, 0.25) is 0 Å². The summed E-state index contributed by atoms with van der Waals surface area (Å²) in [6.07, 6.45) is 10.9. The van der Waals surface area contributed by atoms with E-state index in [-0.39, 0.29) is 18.4 Å². The lowest BCUT2D eigenvalue weighted by Crippen LogP contribution is -2.34. The lowest BCUT2D eigenvalue weighted by atomic mass is 9.91. The topological polar surface area (TPSA) is 76.0 Å². The summed E-state index contributed by atoms with van der Waals surface area (Å²) in [7, 11) is -4.03. The molecule has 2 unspecified atom stereocenters. The van der Waals surface area contributed by atoms with Gasteiger partial charge in [0.2, 0.25) is 0 Å². The van der Waals surface area contributed by atoms with Gasteiger partial charge in [-0.1, -0.05) is 46.1 Å². The van der Waals surface area contributed by atoms with Crippen molar-refractivity contribution in [2.45, 2.75) is 71.8 Å². The second-order valence-corrected chi connectivity index (χ2v) is 10.8. The first-order valence-corrected chi connectivity index (χ1v) is 12.5. The highest BCUT2D eigenvalue weighted by Crippen LogP contribution is 2.37. The summed E-state index contributed by atoms with van der Waals surface area (Å²) in [5.41, 5.74) is 0.777. The molecule has 0 radical (unpaired) electrons. The van der Waals surface area contributed by atoms with Crippen LogP contribution in [0, 0.1) is 11.8 Å². The molecule has 0 amide bonds. The smallest absolute Gasteiger partial charge is 0.328 e. The SMILES string of the molecule is CC(C)CCCC(C)C/C=C/C1(C)CCc2cc(OCCP(=O)(O)O)ccc2O1. The zero-order valence-corrected chi connectivity index (χ0v) is 19.2. The third-order valence-electron chi connectivity index (χ3n) is 5.40. The Kier molecular flexibility index (Phi) is 8.81. The summed E-state index contributed by atoms with van der Waals surface area (Å²) in [6.45, 7) is 9.00. The van der Waals surface area contributed by atoms with Gasteiger partial charge in [0.15, 0.2) is 0 Å². The first-order chi connectivity index (χ1) is 13.6. The minimum atomic E-state index is -4.03. The third-order valence-corrected chi connectivity index (χ3v) is 6.17. The molecule has 164 valence electrons. The minimum Gasteiger partial charge on any atom is -0.493 e. The van der Waals surface area contributed by atoms with Crippen LogP contribution in [0.4, 0.5) is 0 Å². The van der Waals surface area contributed by atoms with Crippen molar-refractivity contribution in [1.29, 1.82) is 0 Å². The lowest BCUT2D eigenvalue weighted by molar-refractivity contribution is 0.114. The normalized spacial score (nSPS) is 20.5. The summed E-state index contributed by atoms with van der Waals surface area (Å²) >= 11 is 0. The molecule has 5 nitrogen and oxygen atoms in total. The predicted molar refractivity (Wildman–Crippen MR) is 118 cm³/mol. The monoisotopic (exact) mass is 424 g/mol. The predicted octanol–water partition coefficient (Wildman–Crippen LogP) is 5.74. The zero-order valence-electron chi connectivity index (χ0n) is 18.3. The van der Waals surface area contributed by atoms with Crippen LogP contribution in [-0.2, 0) is 11.0 Å². The summed E-state index contributed by atoms with van der Waals surface area (Å²) in [4.78, 5) is 17.8. The molecule has 0 saturated heterocycles. The van der Waals surface area contributed by atoms with Crippen molar-refractivity contribution in [1.82, 2.24) is 0 Å². The van der Waals surface area contributed by atoms with Crippen molar-refractivity contribution in [3.63, 3.8) is 0 Å². The Balaban J connectivity index is 1.85. The van der Waals surface area contributed by atoms with Crippen LogP contribution in [0.25, 0.3) is 0 Å². The van der Waals surface area contributed by atoms with E-state index in [4.69, 9.17) is 19.3 Å². The summed E-state index contributed by atoms with van der Waals surface area (Å²) in [5, 5.41) is 0. The van der Waals surface area contributed by atoms with E-state index in [1.807, 2.05) is 12.1 Å². The molecule has 1 aromatic rings. The zero-order chi connectivity index (χ0) is 21.5. The van der Waals surface area contributed by atoms with E-state index >= 15 is 0 Å². The Morgan fingerprint density at radius 2 is 2.03 bits per heavy atom. The molecule has 2 atom stereocenters. The molecule has 0 saturated carbocycles. The van der Waals surface area contributed by atoms with E-state index in [0.717, 1.165) is 36.5 Å². The van der Waals surface area contributed by atoms with Crippen molar-refractivity contribution in [2.24, 2.45) is 11.8 Å². The van der Waals surface area contributed by atoms with Crippen LogP contribution >= 0.6 is 7.60 Å². The second-order valence-electron chi connectivity index (χ2n) is 8.99. The number of rotatable bonds is 11. The van der Waals surface area contributed by atoms with E-state index in [2.05, 4.69) is 39.8 Å². The van der Waals surface area contributed by atoms with Gasteiger partial charge in [0.05, 0.1) is 12.8 Å². The highest BCUT2D eigenvalue weighted by molar-refractivity contribution is 7.51. The Morgan fingerprint density at radius 3 is 2.72 bits per heavy atom. The van der Waals surface area contributed by atoms with Crippen molar-refractivity contribution in [3.05, 3.63) is 35.9 Å². The Bertz CT molecular complexity index is 724. The van der Waals surface area contributed by atoms with Gasteiger partial charge in [0.1, 0.15) is 17.1 Å². The van der Waals surface area contributed by atoms with Crippen LogP contribution < -0.4 is 9.47 Å². The molecule has 6 heteroatoms. The second kappa shape index (κ2) is 10.7. The average molecular weight is 425 g/mol. The summed E-state index contributed by atoms with van der Waals surface area (Å²) in [5.74, 6) is 2.95. The van der Waals surface area contributed by atoms with E-state index < -0.39 is 7.60 Å². The number of ether oxygens (including phenoxy) is 2. The molecular weight excluding hydrogens is 387 g/mol. The van der Waals surface area contributed by atoms with E-state index in [1.165, 1.54) is 19.3 Å². The van der Waals surface area contributed by atoms with Crippen molar-refractivity contribution < 1.29 is 23.8 Å². The largest absolute Gasteiger partial charge is 0.493 e. The fourth-order valence-electron chi connectivity index (χ4n) is 3.57. The lowest BCUT2D eigenvalue weighted by Gasteiger charge is -2.33. The van der Waals surface area contributed by atoms with Gasteiger partial charge in [-0.15, -0.1) is 0 Å². The number of hydrogen-bond donors (Lipinski definition) is 2. The van der Waals surface area contributed by atoms with E-state index in [1.54, 1.807) is 6.07 Å². The maximum absolute atomic E-state index is 10.9. The van der Waals surface area contributed by atoms with Gasteiger partial charge in [-0.05, 0) is 67.9 Å². The Hall–Kier alpha value is -1.29. The molecule has 1 aliphatic heterocycles. The van der Waals surface area contributed by atoms with Gasteiger partial charge in [0.25, 0.3) is 0 Å². The van der Waals surface area contributed by atoms with Crippen molar-refractivity contribution >= 4 is 7.60 Å². The number of allylic oxidation sites excluding steroid dienone is 1. The maximum Gasteiger partial charge on any atom is 0.328 e. The number of fused-ring (bicyclic) bond motifs is 1. The molecule has 0 bridgehead atoms. The standard InChI is InChI=1S/C23H37O5P/c1-18(2)7-5-8-19(3)9-6-13-23(4)14-12-20-17-21(10-11-22(20)28-23)27-15-16-29(24,25)26/h6,10-11,13,17-19H,5,7-9,12,14-16H2,1-4H3,(H2,24,25,26)/b13-6+. The van der Waals surface area contributed by atoms with Gasteiger partial charge in [0, 0.05) is 0 Å². The molecule has 1 heterocycles. The van der Waals surface area contributed by atoms with Crippen molar-refractivity contribution in [3.8, 4) is 11.5 Å². The summed E-state index contributed by atoms with van der Waals surface area (Å²) < 4.78 is 22.7. The van der Waals surface area contributed by atoms with Crippen LogP contribution in [0.3, 0.4) is 0 Å². The van der Waals surface area contributed by atoms with Gasteiger partial charge in [-0.2, -0.15) is 0 Å². The molecule has 29 heavy (non-hydrogen) atoms. The third kappa shape index (κ3) is 8.94. The number of benzene rings is 1. The van der Waals surface area contributed by atoms with Gasteiger partial charge >= 0.3 is 7.60 Å². The first-order valence-electron chi connectivity index (χ1n) is 10.7. The van der Waals surface area contributed by atoms with Crippen LogP contribution in [0.15, 0.2) is 30.4 Å².